The highest BCUT2D eigenvalue weighted by atomic mass is 79.9. The normalized spacial score (nSPS) is 23.2. The minimum atomic E-state index is 0.00868. The second-order valence-corrected chi connectivity index (χ2v) is 7.91. The summed E-state index contributed by atoms with van der Waals surface area (Å²) in [5.74, 6) is 0.784. The molecule has 2 aliphatic rings. The van der Waals surface area contributed by atoms with Gasteiger partial charge in [0.15, 0.2) is 0 Å². The van der Waals surface area contributed by atoms with E-state index in [0.29, 0.717) is 0 Å². The lowest BCUT2D eigenvalue weighted by molar-refractivity contribution is 0.109. The fraction of sp³-hybridized carbons (Fsp3) is 0.611. The standard InChI is InChI=1S/C18H27BrN4O/c1-21-8-2-3-15(13-21)14-22-9-11-23(12-10-22)18(24)20-17-6-4-16(19)5-7-17/h4-7,15H,2-3,8-14H2,1H3,(H,20,24). The number of piperazine rings is 1. The van der Waals surface area contributed by atoms with Gasteiger partial charge in [-0.3, -0.25) is 4.90 Å². The number of amides is 2. The van der Waals surface area contributed by atoms with E-state index in [1.807, 2.05) is 29.2 Å². The number of nitrogens with zero attached hydrogens (tertiary/aromatic N) is 3. The Balaban J connectivity index is 1.42. The molecule has 1 atom stereocenters. The van der Waals surface area contributed by atoms with Gasteiger partial charge in [-0.2, -0.15) is 0 Å². The van der Waals surface area contributed by atoms with Gasteiger partial charge in [-0.1, -0.05) is 15.9 Å². The lowest BCUT2D eigenvalue weighted by atomic mass is 9.97. The molecule has 0 radical (unpaired) electrons. The molecular weight excluding hydrogens is 368 g/mol. The Kier molecular flexibility index (Phi) is 6.14. The average molecular weight is 395 g/mol. The highest BCUT2D eigenvalue weighted by Gasteiger charge is 2.25. The molecule has 2 amide bonds. The minimum Gasteiger partial charge on any atom is -0.322 e. The van der Waals surface area contributed by atoms with Crippen molar-refractivity contribution in [2.75, 3.05) is 58.2 Å². The Bertz CT molecular complexity index is 542. The molecule has 1 aromatic carbocycles. The van der Waals surface area contributed by atoms with Crippen LogP contribution in [0.3, 0.4) is 0 Å². The van der Waals surface area contributed by atoms with Crippen LogP contribution in [0.2, 0.25) is 0 Å². The van der Waals surface area contributed by atoms with Crippen LogP contribution in [0.5, 0.6) is 0 Å². The summed E-state index contributed by atoms with van der Waals surface area (Å²) >= 11 is 3.41. The molecule has 2 aliphatic heterocycles. The van der Waals surface area contributed by atoms with Gasteiger partial charge in [0.2, 0.25) is 0 Å². The third-order valence-electron chi connectivity index (χ3n) is 4.99. The Morgan fingerprint density at radius 3 is 2.54 bits per heavy atom. The molecule has 1 aromatic rings. The smallest absolute Gasteiger partial charge is 0.321 e. The molecule has 2 fully saturated rings. The molecule has 0 aliphatic carbocycles. The number of likely N-dealkylation sites (tertiary alicyclic amines) is 1. The first-order chi connectivity index (χ1) is 11.6. The van der Waals surface area contributed by atoms with Crippen LogP contribution in [0.15, 0.2) is 28.7 Å². The number of nitrogens with one attached hydrogen (secondary N) is 1. The third kappa shape index (κ3) is 4.94. The van der Waals surface area contributed by atoms with Gasteiger partial charge in [0.05, 0.1) is 0 Å². The van der Waals surface area contributed by atoms with Crippen molar-refractivity contribution in [2.45, 2.75) is 12.8 Å². The summed E-state index contributed by atoms with van der Waals surface area (Å²) in [6, 6.07) is 7.72. The fourth-order valence-electron chi connectivity index (χ4n) is 3.66. The van der Waals surface area contributed by atoms with Crippen LogP contribution in [-0.4, -0.2) is 73.6 Å². The van der Waals surface area contributed by atoms with Crippen LogP contribution in [0.1, 0.15) is 12.8 Å². The van der Waals surface area contributed by atoms with E-state index in [-0.39, 0.29) is 6.03 Å². The van der Waals surface area contributed by atoms with E-state index in [2.05, 4.69) is 38.1 Å². The summed E-state index contributed by atoms with van der Waals surface area (Å²) in [4.78, 5) is 19.3. The summed E-state index contributed by atoms with van der Waals surface area (Å²) in [6.07, 6.45) is 2.66. The van der Waals surface area contributed by atoms with E-state index in [4.69, 9.17) is 0 Å². The van der Waals surface area contributed by atoms with Gasteiger partial charge in [-0.05, 0) is 56.6 Å². The molecule has 0 bridgehead atoms. The van der Waals surface area contributed by atoms with Crippen molar-refractivity contribution in [3.05, 3.63) is 28.7 Å². The maximum Gasteiger partial charge on any atom is 0.321 e. The Morgan fingerprint density at radius 2 is 1.88 bits per heavy atom. The van der Waals surface area contributed by atoms with Crippen molar-refractivity contribution >= 4 is 27.6 Å². The van der Waals surface area contributed by atoms with Crippen molar-refractivity contribution < 1.29 is 4.79 Å². The zero-order valence-electron chi connectivity index (χ0n) is 14.4. The van der Waals surface area contributed by atoms with Crippen LogP contribution in [-0.2, 0) is 0 Å². The van der Waals surface area contributed by atoms with Crippen molar-refractivity contribution in [1.82, 2.24) is 14.7 Å². The number of hydrogen-bond acceptors (Lipinski definition) is 3. The van der Waals surface area contributed by atoms with E-state index in [0.717, 1.165) is 42.3 Å². The van der Waals surface area contributed by atoms with Gasteiger partial charge in [-0.15, -0.1) is 0 Å². The van der Waals surface area contributed by atoms with Gasteiger partial charge in [0, 0.05) is 49.4 Å². The number of rotatable bonds is 3. The maximum absolute atomic E-state index is 12.4. The van der Waals surface area contributed by atoms with E-state index in [1.54, 1.807) is 0 Å². The predicted molar refractivity (Wildman–Crippen MR) is 101 cm³/mol. The number of hydrogen-bond donors (Lipinski definition) is 1. The molecule has 2 heterocycles. The Labute approximate surface area is 153 Å². The van der Waals surface area contributed by atoms with E-state index >= 15 is 0 Å². The summed E-state index contributed by atoms with van der Waals surface area (Å²) in [5, 5.41) is 2.98. The number of benzene rings is 1. The maximum atomic E-state index is 12.4. The molecule has 2 saturated heterocycles. The molecule has 0 saturated carbocycles. The van der Waals surface area contributed by atoms with Gasteiger partial charge in [-0.25, -0.2) is 4.79 Å². The zero-order valence-corrected chi connectivity index (χ0v) is 16.0. The third-order valence-corrected chi connectivity index (χ3v) is 5.52. The lowest BCUT2D eigenvalue weighted by Gasteiger charge is -2.38. The van der Waals surface area contributed by atoms with Crippen molar-refractivity contribution in [3.8, 4) is 0 Å². The molecule has 0 spiro atoms. The molecule has 3 rings (SSSR count). The highest BCUT2D eigenvalue weighted by molar-refractivity contribution is 9.10. The summed E-state index contributed by atoms with van der Waals surface area (Å²) in [6.45, 7) is 7.20. The average Bonchev–Trinajstić information content (AvgIpc) is 2.57. The summed E-state index contributed by atoms with van der Waals surface area (Å²) in [5.41, 5.74) is 0.843. The van der Waals surface area contributed by atoms with Crippen LogP contribution in [0.25, 0.3) is 0 Å². The van der Waals surface area contributed by atoms with Gasteiger partial charge >= 0.3 is 6.03 Å². The molecule has 6 heteroatoms. The molecule has 24 heavy (non-hydrogen) atoms. The summed E-state index contributed by atoms with van der Waals surface area (Å²) in [7, 11) is 2.22. The van der Waals surface area contributed by atoms with Crippen molar-refractivity contribution in [3.63, 3.8) is 0 Å². The lowest BCUT2D eigenvalue weighted by Crippen LogP contribution is -2.51. The number of piperidine rings is 1. The monoisotopic (exact) mass is 394 g/mol. The number of anilines is 1. The highest BCUT2D eigenvalue weighted by Crippen LogP contribution is 2.18. The van der Waals surface area contributed by atoms with Gasteiger partial charge in [0.1, 0.15) is 0 Å². The first-order valence-corrected chi connectivity index (χ1v) is 9.62. The quantitative estimate of drug-likeness (QED) is 0.856. The van der Waals surface area contributed by atoms with Crippen molar-refractivity contribution in [2.24, 2.45) is 5.92 Å². The van der Waals surface area contributed by atoms with Crippen LogP contribution < -0.4 is 5.32 Å². The first kappa shape index (κ1) is 17.7. The van der Waals surface area contributed by atoms with Gasteiger partial charge < -0.3 is 15.1 Å². The summed E-state index contributed by atoms with van der Waals surface area (Å²) < 4.78 is 1.02. The molecule has 0 aromatic heterocycles. The van der Waals surface area contributed by atoms with Crippen LogP contribution >= 0.6 is 15.9 Å². The fourth-order valence-corrected chi connectivity index (χ4v) is 3.92. The van der Waals surface area contributed by atoms with E-state index in [9.17, 15) is 4.79 Å². The number of urea groups is 1. The Hall–Kier alpha value is -1.11. The molecule has 5 nitrogen and oxygen atoms in total. The van der Waals surface area contributed by atoms with E-state index in [1.165, 1.54) is 32.5 Å². The molecular formula is C18H27BrN4O. The predicted octanol–water partition coefficient (Wildman–Crippen LogP) is 2.94. The second kappa shape index (κ2) is 8.32. The first-order valence-electron chi connectivity index (χ1n) is 8.82. The van der Waals surface area contributed by atoms with Crippen LogP contribution in [0.4, 0.5) is 10.5 Å². The SMILES string of the molecule is CN1CCCC(CN2CCN(C(=O)Nc3ccc(Br)cc3)CC2)C1. The minimum absolute atomic E-state index is 0.00868. The number of halogens is 1. The largest absolute Gasteiger partial charge is 0.322 e. The van der Waals surface area contributed by atoms with Crippen LogP contribution in [0, 0.1) is 5.92 Å². The number of carbonyl (C=O) groups is 1. The van der Waals surface area contributed by atoms with E-state index < -0.39 is 0 Å². The number of carbonyl (C=O) groups excluding carboxylic acids is 1. The topological polar surface area (TPSA) is 38.8 Å². The molecule has 1 N–H and O–H groups in total. The second-order valence-electron chi connectivity index (χ2n) is 7.00. The van der Waals surface area contributed by atoms with Gasteiger partial charge in [0.25, 0.3) is 0 Å². The van der Waals surface area contributed by atoms with Crippen molar-refractivity contribution in [1.29, 1.82) is 0 Å². The molecule has 132 valence electrons. The zero-order chi connectivity index (χ0) is 16.9. The Morgan fingerprint density at radius 1 is 1.17 bits per heavy atom. The molecule has 1 unspecified atom stereocenters.